The van der Waals surface area contributed by atoms with Gasteiger partial charge in [0.05, 0.1) is 12.2 Å². The first kappa shape index (κ1) is 18.3. The zero-order valence-corrected chi connectivity index (χ0v) is 15.0. The van der Waals surface area contributed by atoms with Crippen molar-refractivity contribution in [3.8, 4) is 0 Å². The summed E-state index contributed by atoms with van der Waals surface area (Å²) in [6, 6.07) is 4.69. The zero-order valence-electron chi connectivity index (χ0n) is 13.5. The molecule has 0 aliphatic carbocycles. The van der Waals surface area contributed by atoms with Gasteiger partial charge in [0.25, 0.3) is 5.91 Å². The summed E-state index contributed by atoms with van der Waals surface area (Å²) in [5.41, 5.74) is 1.73. The summed E-state index contributed by atoms with van der Waals surface area (Å²) in [6.07, 6.45) is 1.41. The standard InChI is InChI=1S/C16H17Cl2N3O3/c1-9(12-5-4-11(17)6-14(12)18)20-15(22)8-24-16(23)13-7-19-21(3)10(13)2/h4-7,9H,8H2,1-3H3,(H,20,22). The number of esters is 1. The number of nitrogens with zero attached hydrogens (tertiary/aromatic N) is 2. The van der Waals surface area contributed by atoms with E-state index in [1.807, 2.05) is 0 Å². The number of aromatic nitrogens is 2. The van der Waals surface area contributed by atoms with E-state index in [0.717, 1.165) is 5.56 Å². The molecule has 0 saturated carbocycles. The number of nitrogens with one attached hydrogen (secondary N) is 1. The molecule has 0 bridgehead atoms. The van der Waals surface area contributed by atoms with E-state index >= 15 is 0 Å². The molecule has 24 heavy (non-hydrogen) atoms. The molecule has 0 fully saturated rings. The van der Waals surface area contributed by atoms with E-state index in [1.165, 1.54) is 6.20 Å². The first-order valence-corrected chi connectivity index (χ1v) is 7.95. The van der Waals surface area contributed by atoms with Crippen molar-refractivity contribution < 1.29 is 14.3 Å². The Morgan fingerprint density at radius 3 is 2.67 bits per heavy atom. The van der Waals surface area contributed by atoms with Crippen LogP contribution in [0.5, 0.6) is 0 Å². The molecule has 0 saturated heterocycles. The Morgan fingerprint density at radius 2 is 2.08 bits per heavy atom. The molecule has 8 heteroatoms. The smallest absolute Gasteiger partial charge is 0.342 e. The number of benzene rings is 1. The summed E-state index contributed by atoms with van der Waals surface area (Å²) in [5.74, 6) is -1.02. The van der Waals surface area contributed by atoms with Crippen LogP contribution in [-0.2, 0) is 16.6 Å². The molecule has 1 atom stereocenters. The van der Waals surface area contributed by atoms with Gasteiger partial charge < -0.3 is 10.1 Å². The number of carbonyl (C=O) groups excluding carboxylic acids is 2. The molecule has 1 unspecified atom stereocenters. The summed E-state index contributed by atoms with van der Waals surface area (Å²) >= 11 is 12.0. The van der Waals surface area contributed by atoms with Gasteiger partial charge in [-0.2, -0.15) is 5.10 Å². The second-order valence-electron chi connectivity index (χ2n) is 5.30. The highest BCUT2D eigenvalue weighted by Gasteiger charge is 2.17. The van der Waals surface area contributed by atoms with Gasteiger partial charge in [-0.1, -0.05) is 29.3 Å². The van der Waals surface area contributed by atoms with Crippen LogP contribution in [0.2, 0.25) is 10.0 Å². The second kappa shape index (κ2) is 7.68. The topological polar surface area (TPSA) is 73.2 Å². The molecule has 1 N–H and O–H groups in total. The van der Waals surface area contributed by atoms with Crippen molar-refractivity contribution in [2.75, 3.05) is 6.61 Å². The van der Waals surface area contributed by atoms with E-state index in [9.17, 15) is 9.59 Å². The van der Waals surface area contributed by atoms with Crippen molar-refractivity contribution >= 4 is 35.1 Å². The van der Waals surface area contributed by atoms with Crippen LogP contribution in [0.15, 0.2) is 24.4 Å². The van der Waals surface area contributed by atoms with Gasteiger partial charge in [0, 0.05) is 22.8 Å². The van der Waals surface area contributed by atoms with Crippen molar-refractivity contribution in [1.82, 2.24) is 15.1 Å². The lowest BCUT2D eigenvalue weighted by Gasteiger charge is -2.16. The molecular weight excluding hydrogens is 353 g/mol. The fourth-order valence-corrected chi connectivity index (χ4v) is 2.69. The van der Waals surface area contributed by atoms with Crippen LogP contribution in [0.25, 0.3) is 0 Å². The second-order valence-corrected chi connectivity index (χ2v) is 6.14. The third kappa shape index (κ3) is 4.27. The van der Waals surface area contributed by atoms with Gasteiger partial charge in [-0.15, -0.1) is 0 Å². The lowest BCUT2D eigenvalue weighted by atomic mass is 10.1. The average molecular weight is 370 g/mol. The number of rotatable bonds is 5. The third-order valence-electron chi connectivity index (χ3n) is 3.60. The Kier molecular flexibility index (Phi) is 5.85. The molecule has 128 valence electrons. The van der Waals surface area contributed by atoms with Gasteiger partial charge in [-0.25, -0.2) is 4.79 Å². The summed E-state index contributed by atoms with van der Waals surface area (Å²) < 4.78 is 6.57. The van der Waals surface area contributed by atoms with Crippen LogP contribution in [-0.4, -0.2) is 28.3 Å². The highest BCUT2D eigenvalue weighted by molar-refractivity contribution is 6.35. The van der Waals surface area contributed by atoms with Gasteiger partial charge in [-0.05, 0) is 31.5 Å². The number of aryl methyl sites for hydroxylation is 1. The van der Waals surface area contributed by atoms with E-state index in [0.29, 0.717) is 21.3 Å². The summed E-state index contributed by atoms with van der Waals surface area (Å²) in [4.78, 5) is 23.9. The molecule has 0 spiro atoms. The minimum Gasteiger partial charge on any atom is -0.452 e. The fourth-order valence-electron chi connectivity index (χ4n) is 2.12. The maximum absolute atomic E-state index is 12.0. The number of halogens is 2. The van der Waals surface area contributed by atoms with E-state index in [1.54, 1.807) is 43.8 Å². The molecular formula is C16H17Cl2N3O3. The highest BCUT2D eigenvalue weighted by Crippen LogP contribution is 2.25. The van der Waals surface area contributed by atoms with E-state index in [2.05, 4.69) is 10.4 Å². The van der Waals surface area contributed by atoms with Crippen molar-refractivity contribution in [2.45, 2.75) is 19.9 Å². The zero-order chi connectivity index (χ0) is 17.9. The maximum Gasteiger partial charge on any atom is 0.342 e. The Labute approximate surface area is 149 Å². The normalized spacial score (nSPS) is 11.9. The predicted octanol–water partition coefficient (Wildman–Crippen LogP) is 3.07. The SMILES string of the molecule is Cc1c(C(=O)OCC(=O)NC(C)c2ccc(Cl)cc2Cl)cnn1C. The van der Waals surface area contributed by atoms with Crippen LogP contribution in [0.1, 0.15) is 34.6 Å². The number of ether oxygens (including phenoxy) is 1. The lowest BCUT2D eigenvalue weighted by Crippen LogP contribution is -2.31. The van der Waals surface area contributed by atoms with Gasteiger partial charge in [0.1, 0.15) is 5.56 Å². The van der Waals surface area contributed by atoms with Crippen LogP contribution in [0.4, 0.5) is 0 Å². The molecule has 0 aliphatic heterocycles. The van der Waals surface area contributed by atoms with Crippen LogP contribution in [0, 0.1) is 6.92 Å². The molecule has 2 rings (SSSR count). The van der Waals surface area contributed by atoms with Gasteiger partial charge in [0.15, 0.2) is 6.61 Å². The Balaban J connectivity index is 1.91. The number of hydrogen-bond donors (Lipinski definition) is 1. The average Bonchev–Trinajstić information content (AvgIpc) is 2.84. The Bertz CT molecular complexity index is 774. The van der Waals surface area contributed by atoms with Gasteiger partial charge in [0.2, 0.25) is 0 Å². The first-order valence-electron chi connectivity index (χ1n) is 7.19. The molecule has 0 radical (unpaired) electrons. The lowest BCUT2D eigenvalue weighted by molar-refractivity contribution is -0.124. The third-order valence-corrected chi connectivity index (χ3v) is 4.16. The number of hydrogen-bond acceptors (Lipinski definition) is 4. The number of amides is 1. The Morgan fingerprint density at radius 1 is 1.38 bits per heavy atom. The molecule has 0 aliphatic rings. The first-order chi connectivity index (χ1) is 11.3. The van der Waals surface area contributed by atoms with Crippen molar-refractivity contribution in [1.29, 1.82) is 0 Å². The molecule has 1 aromatic heterocycles. The molecule has 1 amide bonds. The molecule has 1 aromatic carbocycles. The van der Waals surface area contributed by atoms with E-state index in [4.69, 9.17) is 27.9 Å². The molecule has 1 heterocycles. The van der Waals surface area contributed by atoms with Crippen molar-refractivity contribution in [2.24, 2.45) is 7.05 Å². The monoisotopic (exact) mass is 369 g/mol. The van der Waals surface area contributed by atoms with Crippen LogP contribution < -0.4 is 5.32 Å². The Hall–Kier alpha value is -2.05. The fraction of sp³-hybridized carbons (Fsp3) is 0.312. The van der Waals surface area contributed by atoms with E-state index in [-0.39, 0.29) is 12.6 Å². The minimum atomic E-state index is -0.590. The summed E-state index contributed by atoms with van der Waals surface area (Å²) in [7, 11) is 1.72. The van der Waals surface area contributed by atoms with E-state index < -0.39 is 11.9 Å². The van der Waals surface area contributed by atoms with Crippen molar-refractivity contribution in [3.63, 3.8) is 0 Å². The maximum atomic E-state index is 12.0. The molecule has 6 nitrogen and oxygen atoms in total. The quantitative estimate of drug-likeness (QED) is 0.821. The van der Waals surface area contributed by atoms with Crippen LogP contribution >= 0.6 is 23.2 Å². The van der Waals surface area contributed by atoms with Gasteiger partial charge in [-0.3, -0.25) is 9.48 Å². The number of carbonyl (C=O) groups is 2. The van der Waals surface area contributed by atoms with Crippen LogP contribution in [0.3, 0.4) is 0 Å². The largest absolute Gasteiger partial charge is 0.452 e. The summed E-state index contributed by atoms with van der Waals surface area (Å²) in [5, 5.41) is 7.65. The highest BCUT2D eigenvalue weighted by atomic mass is 35.5. The van der Waals surface area contributed by atoms with Crippen molar-refractivity contribution in [3.05, 3.63) is 51.3 Å². The molecule has 2 aromatic rings. The van der Waals surface area contributed by atoms with Gasteiger partial charge >= 0.3 is 5.97 Å². The minimum absolute atomic E-state index is 0.332. The predicted molar refractivity (Wildman–Crippen MR) is 91.2 cm³/mol. The summed E-state index contributed by atoms with van der Waals surface area (Å²) in [6.45, 7) is 3.14.